The smallest absolute Gasteiger partial charge is 0.244 e. The van der Waals surface area contributed by atoms with Gasteiger partial charge in [0.1, 0.15) is 0 Å². The first-order valence-corrected chi connectivity index (χ1v) is 6.18. The first-order chi connectivity index (χ1) is 10.2. The van der Waals surface area contributed by atoms with Gasteiger partial charge < -0.3 is 0 Å². The largest absolute Gasteiger partial charge is 0.368 e. The number of tetrazole rings is 1. The Bertz CT molecular complexity index is 826. The topological polar surface area (TPSA) is 52.7 Å². The molecule has 0 bridgehead atoms. The van der Waals surface area contributed by atoms with Gasteiger partial charge in [-0.3, -0.25) is 0 Å². The minimum Gasteiger partial charge on any atom is -0.244 e. The molecule has 0 aliphatic heterocycles. The number of halogens is 2. The Kier molecular flexibility index (Phi) is 3.31. The van der Waals surface area contributed by atoms with Gasteiger partial charge in [0, 0.05) is 5.56 Å². The number of nitrogens with zero attached hydrogens (tertiary/aromatic N) is 4. The second-order valence-electron chi connectivity index (χ2n) is 4.38. The van der Waals surface area contributed by atoms with Crippen molar-refractivity contribution < 1.29 is 8.78 Å². The summed E-state index contributed by atoms with van der Waals surface area (Å²) in [5.74, 6) is -1.95. The zero-order valence-corrected chi connectivity index (χ0v) is 10.8. The molecule has 0 spiro atoms. The quantitative estimate of drug-likeness (QED) is 0.738. The Labute approximate surface area is 118 Å². The van der Waals surface area contributed by atoms with Crippen LogP contribution >= 0.6 is 0 Å². The fourth-order valence-electron chi connectivity index (χ4n) is 1.94. The van der Waals surface area contributed by atoms with Crippen LogP contribution in [0, 0.1) is 11.6 Å². The van der Waals surface area contributed by atoms with E-state index in [1.54, 1.807) is 30.3 Å². The van der Waals surface area contributed by atoms with Gasteiger partial charge in [-0.25, -0.2) is 13.6 Å². The molecule has 106 valence electrons. The lowest BCUT2D eigenvalue weighted by molar-refractivity contribution is 0.489. The van der Waals surface area contributed by atoms with Crippen LogP contribution in [0.2, 0.25) is 0 Å². The molecule has 0 atom stereocenters. The zero-order chi connectivity index (χ0) is 14.8. The first kappa shape index (κ1) is 13.2. The normalized spacial score (nSPS) is 10.8. The molecule has 2 aromatic carbocycles. The molecule has 5 nitrogen and oxygen atoms in total. The summed E-state index contributed by atoms with van der Waals surface area (Å²) in [4.78, 5) is 12.2. The Morgan fingerprint density at radius 1 is 0.952 bits per heavy atom. The average Bonchev–Trinajstić information content (AvgIpc) is 2.86. The van der Waals surface area contributed by atoms with E-state index >= 15 is 0 Å². The molecule has 1 aromatic heterocycles. The lowest BCUT2D eigenvalue weighted by Gasteiger charge is -2.02. The molecule has 3 aromatic rings. The molecule has 0 saturated carbocycles. The minimum atomic E-state index is -0.987. The molecule has 7 heteroatoms. The van der Waals surface area contributed by atoms with Gasteiger partial charge in [0.05, 0.1) is 12.2 Å². The third kappa shape index (κ3) is 2.45. The predicted molar refractivity (Wildman–Crippen MR) is 71.1 cm³/mol. The summed E-state index contributed by atoms with van der Waals surface area (Å²) in [5.41, 5.74) is 0.0653. The second kappa shape index (κ2) is 5.28. The number of hydrogen-bond donors (Lipinski definition) is 0. The maximum atomic E-state index is 13.6. The van der Waals surface area contributed by atoms with Crippen LogP contribution in [-0.4, -0.2) is 19.8 Å². The summed E-state index contributed by atoms with van der Waals surface area (Å²) in [6, 6.07) is 12.5. The molecule has 3 rings (SSSR count). The number of aromatic nitrogens is 4. The lowest BCUT2D eigenvalue weighted by Crippen LogP contribution is -2.25. The fraction of sp³-hybridized carbons (Fsp3) is 0.0714. The molecule has 0 radical (unpaired) electrons. The molecular weight excluding hydrogens is 278 g/mol. The molecule has 0 unspecified atom stereocenters. The molecule has 0 fully saturated rings. The Balaban J connectivity index is 1.97. The van der Waals surface area contributed by atoms with Gasteiger partial charge in [-0.15, -0.1) is 0 Å². The van der Waals surface area contributed by atoms with Crippen LogP contribution < -0.4 is 5.69 Å². The number of para-hydroxylation sites is 1. The van der Waals surface area contributed by atoms with E-state index < -0.39 is 17.3 Å². The van der Waals surface area contributed by atoms with Crippen molar-refractivity contribution in [3.8, 4) is 5.69 Å². The molecule has 0 aliphatic rings. The maximum Gasteiger partial charge on any atom is 0.368 e. The average molecular weight is 288 g/mol. The highest BCUT2D eigenvalue weighted by molar-refractivity contribution is 5.29. The van der Waals surface area contributed by atoms with E-state index in [1.807, 2.05) is 0 Å². The van der Waals surface area contributed by atoms with Crippen molar-refractivity contribution in [1.82, 2.24) is 19.8 Å². The van der Waals surface area contributed by atoms with E-state index in [0.29, 0.717) is 5.69 Å². The van der Waals surface area contributed by atoms with Crippen molar-refractivity contribution >= 4 is 0 Å². The highest BCUT2D eigenvalue weighted by Gasteiger charge is 2.13. The van der Waals surface area contributed by atoms with Crippen molar-refractivity contribution in [2.24, 2.45) is 0 Å². The summed E-state index contributed by atoms with van der Waals surface area (Å²) in [6.45, 7) is -0.185. The summed E-state index contributed by atoms with van der Waals surface area (Å²) < 4.78 is 28.8. The zero-order valence-electron chi connectivity index (χ0n) is 10.8. The minimum absolute atomic E-state index is 0.0391. The third-order valence-corrected chi connectivity index (χ3v) is 2.99. The van der Waals surface area contributed by atoms with E-state index in [9.17, 15) is 13.6 Å². The van der Waals surface area contributed by atoms with Gasteiger partial charge in [-0.05, 0) is 28.6 Å². The summed E-state index contributed by atoms with van der Waals surface area (Å²) in [5, 5.41) is 7.42. The highest BCUT2D eigenvalue weighted by atomic mass is 19.2. The molecule has 1 heterocycles. The van der Waals surface area contributed by atoms with Crippen LogP contribution in [0.4, 0.5) is 8.78 Å². The Morgan fingerprint density at radius 2 is 1.71 bits per heavy atom. The maximum absolute atomic E-state index is 13.6. The second-order valence-corrected chi connectivity index (χ2v) is 4.38. The molecular formula is C14H10F2N4O. The lowest BCUT2D eigenvalue weighted by atomic mass is 10.2. The number of hydrogen-bond acceptors (Lipinski definition) is 3. The van der Waals surface area contributed by atoms with Crippen LogP contribution in [0.15, 0.2) is 53.3 Å². The van der Waals surface area contributed by atoms with Gasteiger partial charge >= 0.3 is 5.69 Å². The Morgan fingerprint density at radius 3 is 2.48 bits per heavy atom. The van der Waals surface area contributed by atoms with Crippen molar-refractivity contribution in [2.75, 3.05) is 0 Å². The molecule has 21 heavy (non-hydrogen) atoms. The fourth-order valence-corrected chi connectivity index (χ4v) is 1.94. The van der Waals surface area contributed by atoms with E-state index in [2.05, 4.69) is 10.4 Å². The van der Waals surface area contributed by atoms with Crippen LogP contribution in [0.3, 0.4) is 0 Å². The van der Waals surface area contributed by atoms with Gasteiger partial charge in [-0.1, -0.05) is 30.3 Å². The highest BCUT2D eigenvalue weighted by Crippen LogP contribution is 2.11. The number of rotatable bonds is 3. The van der Waals surface area contributed by atoms with Crippen LogP contribution in [0.25, 0.3) is 5.69 Å². The SMILES string of the molecule is O=c1n(Cc2cccc(F)c2F)nnn1-c1ccccc1. The Hall–Kier alpha value is -2.83. The summed E-state index contributed by atoms with van der Waals surface area (Å²) in [6.07, 6.45) is 0. The summed E-state index contributed by atoms with van der Waals surface area (Å²) in [7, 11) is 0. The molecule has 0 aliphatic carbocycles. The van der Waals surface area contributed by atoms with Gasteiger partial charge in [0.15, 0.2) is 11.6 Å². The standard InChI is InChI=1S/C14H10F2N4O/c15-12-8-4-5-10(13(12)16)9-19-14(21)20(18-17-19)11-6-2-1-3-7-11/h1-8H,9H2. The molecule has 0 N–H and O–H groups in total. The molecule has 0 amide bonds. The first-order valence-electron chi connectivity index (χ1n) is 6.18. The van der Waals surface area contributed by atoms with Gasteiger partial charge in [0.2, 0.25) is 0 Å². The molecule has 0 saturated heterocycles. The van der Waals surface area contributed by atoms with Crippen molar-refractivity contribution in [3.63, 3.8) is 0 Å². The van der Waals surface area contributed by atoms with Crippen molar-refractivity contribution in [2.45, 2.75) is 6.54 Å². The van der Waals surface area contributed by atoms with E-state index in [-0.39, 0.29) is 12.1 Å². The van der Waals surface area contributed by atoms with E-state index in [4.69, 9.17) is 0 Å². The van der Waals surface area contributed by atoms with Crippen LogP contribution in [-0.2, 0) is 6.54 Å². The summed E-state index contributed by atoms with van der Waals surface area (Å²) >= 11 is 0. The van der Waals surface area contributed by atoms with Crippen molar-refractivity contribution in [1.29, 1.82) is 0 Å². The predicted octanol–water partition coefficient (Wildman–Crippen LogP) is 1.76. The van der Waals surface area contributed by atoms with Crippen LogP contribution in [0.1, 0.15) is 5.56 Å². The van der Waals surface area contributed by atoms with E-state index in [0.717, 1.165) is 15.4 Å². The number of benzene rings is 2. The van der Waals surface area contributed by atoms with Crippen molar-refractivity contribution in [3.05, 3.63) is 76.2 Å². The van der Waals surface area contributed by atoms with Crippen LogP contribution in [0.5, 0.6) is 0 Å². The van der Waals surface area contributed by atoms with Gasteiger partial charge in [0.25, 0.3) is 0 Å². The third-order valence-electron chi connectivity index (χ3n) is 2.99. The van der Waals surface area contributed by atoms with E-state index in [1.165, 1.54) is 12.1 Å². The monoisotopic (exact) mass is 288 g/mol. The van der Waals surface area contributed by atoms with Gasteiger partial charge in [-0.2, -0.15) is 9.36 Å².